The SMILES string of the molecule is COC(=O)[C@H](CCC(C)(F)F)NC(=O)OC(C)(C)C. The maximum Gasteiger partial charge on any atom is 0.408 e. The van der Waals surface area contributed by atoms with Crippen LogP contribution in [-0.2, 0) is 14.3 Å². The van der Waals surface area contributed by atoms with Gasteiger partial charge in [-0.05, 0) is 34.1 Å². The Balaban J connectivity index is 4.52. The van der Waals surface area contributed by atoms with Crippen LogP contribution in [0.3, 0.4) is 0 Å². The highest BCUT2D eigenvalue weighted by molar-refractivity contribution is 5.81. The van der Waals surface area contributed by atoms with Gasteiger partial charge in [0.15, 0.2) is 0 Å². The number of ether oxygens (including phenoxy) is 2. The minimum Gasteiger partial charge on any atom is -0.467 e. The van der Waals surface area contributed by atoms with E-state index in [1.54, 1.807) is 20.8 Å². The number of hydrogen-bond donors (Lipinski definition) is 1. The molecule has 1 N–H and O–H groups in total. The van der Waals surface area contributed by atoms with E-state index in [1.807, 2.05) is 0 Å². The van der Waals surface area contributed by atoms with Crippen molar-refractivity contribution in [2.45, 2.75) is 58.1 Å². The van der Waals surface area contributed by atoms with E-state index in [0.717, 1.165) is 14.0 Å². The molecule has 0 rings (SSSR count). The van der Waals surface area contributed by atoms with Crippen molar-refractivity contribution >= 4 is 12.1 Å². The van der Waals surface area contributed by atoms with Gasteiger partial charge in [-0.2, -0.15) is 0 Å². The molecule has 0 aromatic rings. The van der Waals surface area contributed by atoms with E-state index >= 15 is 0 Å². The first-order chi connectivity index (χ1) is 8.44. The first-order valence-corrected chi connectivity index (χ1v) is 5.90. The van der Waals surface area contributed by atoms with Crippen LogP contribution in [0.4, 0.5) is 13.6 Å². The molecule has 0 aliphatic rings. The lowest BCUT2D eigenvalue weighted by Crippen LogP contribution is -2.44. The molecule has 0 aliphatic carbocycles. The molecule has 0 bridgehead atoms. The monoisotopic (exact) mass is 281 g/mol. The van der Waals surface area contributed by atoms with Crippen LogP contribution in [0.15, 0.2) is 0 Å². The van der Waals surface area contributed by atoms with Crippen molar-refractivity contribution in [3.63, 3.8) is 0 Å². The smallest absolute Gasteiger partial charge is 0.408 e. The van der Waals surface area contributed by atoms with Crippen LogP contribution >= 0.6 is 0 Å². The predicted octanol–water partition coefficient (Wildman–Crippen LogP) is 2.49. The highest BCUT2D eigenvalue weighted by atomic mass is 19.3. The van der Waals surface area contributed by atoms with Crippen molar-refractivity contribution in [3.05, 3.63) is 0 Å². The van der Waals surface area contributed by atoms with Gasteiger partial charge in [-0.15, -0.1) is 0 Å². The normalized spacial score (nSPS) is 13.6. The zero-order valence-electron chi connectivity index (χ0n) is 11.9. The van der Waals surface area contributed by atoms with Gasteiger partial charge in [0, 0.05) is 6.42 Å². The summed E-state index contributed by atoms with van der Waals surface area (Å²) in [5, 5.41) is 2.23. The maximum atomic E-state index is 12.8. The lowest BCUT2D eigenvalue weighted by molar-refractivity contribution is -0.143. The van der Waals surface area contributed by atoms with Gasteiger partial charge in [0.2, 0.25) is 5.92 Å². The Kier molecular flexibility index (Phi) is 6.18. The topological polar surface area (TPSA) is 64.6 Å². The van der Waals surface area contributed by atoms with E-state index in [2.05, 4.69) is 10.1 Å². The van der Waals surface area contributed by atoms with Gasteiger partial charge >= 0.3 is 12.1 Å². The number of hydrogen-bond acceptors (Lipinski definition) is 4. The molecule has 0 aromatic heterocycles. The average molecular weight is 281 g/mol. The van der Waals surface area contributed by atoms with Crippen LogP contribution in [0.25, 0.3) is 0 Å². The van der Waals surface area contributed by atoms with Crippen LogP contribution in [0, 0.1) is 0 Å². The Bertz CT molecular complexity index is 321. The second-order valence-electron chi connectivity index (χ2n) is 5.33. The lowest BCUT2D eigenvalue weighted by atomic mass is 10.1. The largest absolute Gasteiger partial charge is 0.467 e. The highest BCUT2D eigenvalue weighted by Gasteiger charge is 2.29. The summed E-state index contributed by atoms with van der Waals surface area (Å²) in [7, 11) is 1.12. The van der Waals surface area contributed by atoms with Gasteiger partial charge in [0.05, 0.1) is 7.11 Å². The number of rotatable bonds is 5. The number of halogens is 2. The van der Waals surface area contributed by atoms with Crippen LogP contribution in [-0.4, -0.2) is 36.7 Å². The number of esters is 1. The molecule has 0 spiro atoms. The van der Waals surface area contributed by atoms with Gasteiger partial charge in [-0.3, -0.25) is 0 Å². The number of methoxy groups -OCH3 is 1. The fourth-order valence-electron chi connectivity index (χ4n) is 1.24. The molecule has 0 radical (unpaired) electrons. The summed E-state index contributed by atoms with van der Waals surface area (Å²) in [6.07, 6.45) is -1.61. The molecule has 1 amide bonds. The summed E-state index contributed by atoms with van der Waals surface area (Å²) in [6, 6.07) is -1.15. The minimum atomic E-state index is -2.91. The van der Waals surface area contributed by atoms with Crippen molar-refractivity contribution in [1.82, 2.24) is 5.32 Å². The summed E-state index contributed by atoms with van der Waals surface area (Å²) in [4.78, 5) is 22.9. The molecular formula is C12H21F2NO4. The van der Waals surface area contributed by atoms with Crippen molar-refractivity contribution in [2.75, 3.05) is 7.11 Å². The van der Waals surface area contributed by atoms with Crippen molar-refractivity contribution in [1.29, 1.82) is 0 Å². The van der Waals surface area contributed by atoms with Gasteiger partial charge in [-0.1, -0.05) is 0 Å². The summed E-state index contributed by atoms with van der Waals surface area (Å²) < 4.78 is 34.9. The molecule has 0 saturated heterocycles. The first-order valence-electron chi connectivity index (χ1n) is 5.90. The molecule has 19 heavy (non-hydrogen) atoms. The third-order valence-electron chi connectivity index (χ3n) is 2.05. The molecule has 0 fully saturated rings. The van der Waals surface area contributed by atoms with Crippen LogP contribution < -0.4 is 5.32 Å². The Morgan fingerprint density at radius 1 is 1.21 bits per heavy atom. The third kappa shape index (κ3) is 9.21. The number of carbonyl (C=O) groups excluding carboxylic acids is 2. The zero-order valence-corrected chi connectivity index (χ0v) is 11.9. The van der Waals surface area contributed by atoms with E-state index in [1.165, 1.54) is 0 Å². The van der Waals surface area contributed by atoms with Gasteiger partial charge in [-0.25, -0.2) is 18.4 Å². The molecule has 5 nitrogen and oxygen atoms in total. The summed E-state index contributed by atoms with van der Waals surface area (Å²) in [5.74, 6) is -3.70. The molecule has 0 saturated carbocycles. The maximum absolute atomic E-state index is 12.8. The van der Waals surface area contributed by atoms with E-state index in [-0.39, 0.29) is 6.42 Å². The fourth-order valence-corrected chi connectivity index (χ4v) is 1.24. The molecule has 0 aromatic carbocycles. The minimum absolute atomic E-state index is 0.227. The molecule has 0 heterocycles. The molecule has 112 valence electrons. The van der Waals surface area contributed by atoms with Crippen molar-refractivity contribution in [2.24, 2.45) is 0 Å². The predicted molar refractivity (Wildman–Crippen MR) is 65.0 cm³/mol. The fraction of sp³-hybridized carbons (Fsp3) is 0.833. The zero-order chi connectivity index (χ0) is 15.3. The lowest BCUT2D eigenvalue weighted by Gasteiger charge is -2.23. The average Bonchev–Trinajstić information content (AvgIpc) is 2.19. The van der Waals surface area contributed by atoms with Crippen LogP contribution in [0.1, 0.15) is 40.5 Å². The molecule has 0 unspecified atom stereocenters. The molecular weight excluding hydrogens is 260 g/mol. The van der Waals surface area contributed by atoms with Gasteiger partial charge < -0.3 is 14.8 Å². The Morgan fingerprint density at radius 2 is 1.74 bits per heavy atom. The van der Waals surface area contributed by atoms with Crippen molar-refractivity contribution in [3.8, 4) is 0 Å². The second kappa shape index (κ2) is 6.68. The summed E-state index contributed by atoms with van der Waals surface area (Å²) in [5.41, 5.74) is -0.737. The summed E-state index contributed by atoms with van der Waals surface area (Å²) >= 11 is 0. The molecule has 1 atom stereocenters. The van der Waals surface area contributed by atoms with Crippen LogP contribution in [0.2, 0.25) is 0 Å². The van der Waals surface area contributed by atoms with E-state index in [0.29, 0.717) is 0 Å². The van der Waals surface area contributed by atoms with Crippen molar-refractivity contribution < 1.29 is 27.8 Å². The van der Waals surface area contributed by atoms with E-state index < -0.39 is 36.0 Å². The number of alkyl carbamates (subject to hydrolysis) is 1. The van der Waals surface area contributed by atoms with E-state index in [4.69, 9.17) is 4.74 Å². The first kappa shape index (κ1) is 17.6. The van der Waals surface area contributed by atoms with E-state index in [9.17, 15) is 18.4 Å². The standard InChI is InChI=1S/C12H21F2NO4/c1-11(2,3)19-10(17)15-8(9(16)18-5)6-7-12(4,13)14/h8H,6-7H2,1-5H3,(H,15,17)/t8-/m0/s1. The number of carbonyl (C=O) groups is 2. The number of amides is 1. The molecule has 0 aliphatic heterocycles. The van der Waals surface area contributed by atoms with Crippen LogP contribution in [0.5, 0.6) is 0 Å². The second-order valence-corrected chi connectivity index (χ2v) is 5.33. The molecule has 7 heteroatoms. The summed E-state index contributed by atoms with van der Waals surface area (Å²) in [6.45, 7) is 5.70. The third-order valence-corrected chi connectivity index (χ3v) is 2.05. The van der Waals surface area contributed by atoms with Gasteiger partial charge in [0.25, 0.3) is 0 Å². The quantitative estimate of drug-likeness (QED) is 0.786. The Hall–Kier alpha value is -1.40. The van der Waals surface area contributed by atoms with Gasteiger partial charge in [0.1, 0.15) is 11.6 Å². The number of nitrogens with one attached hydrogen (secondary N) is 1. The Morgan fingerprint density at radius 3 is 2.11 bits per heavy atom. The number of alkyl halides is 2. The Labute approximate surface area is 111 Å². The highest BCUT2D eigenvalue weighted by Crippen LogP contribution is 2.20.